The first kappa shape index (κ1) is 25.2. The van der Waals surface area contributed by atoms with Crippen LogP contribution < -0.4 is 14.8 Å². The average molecular weight is 525 g/mol. The number of amides is 1. The molecule has 10 heteroatoms. The van der Waals surface area contributed by atoms with Crippen molar-refractivity contribution in [1.82, 2.24) is 9.62 Å². The maximum atomic E-state index is 13.8. The van der Waals surface area contributed by atoms with Crippen LogP contribution in [0.15, 0.2) is 47.4 Å². The van der Waals surface area contributed by atoms with Gasteiger partial charge >= 0.3 is 0 Å². The Balaban J connectivity index is 1.71. The summed E-state index contributed by atoms with van der Waals surface area (Å²) in [6, 6.07) is 10.6. The summed E-state index contributed by atoms with van der Waals surface area (Å²) in [6.07, 6.45) is 5.17. The highest BCUT2D eigenvalue weighted by molar-refractivity contribution is 8.01. The number of hydrogen-bond acceptors (Lipinski definition) is 6. The summed E-state index contributed by atoms with van der Waals surface area (Å²) < 4.78 is 39.8. The molecule has 2 atom stereocenters. The van der Waals surface area contributed by atoms with E-state index in [2.05, 4.69) is 5.32 Å². The number of benzene rings is 2. The van der Waals surface area contributed by atoms with Gasteiger partial charge in [0.25, 0.3) is 0 Å². The van der Waals surface area contributed by atoms with Gasteiger partial charge < -0.3 is 14.8 Å². The van der Waals surface area contributed by atoms with Gasteiger partial charge in [0.15, 0.2) is 11.5 Å². The van der Waals surface area contributed by atoms with E-state index in [1.807, 2.05) is 6.07 Å². The van der Waals surface area contributed by atoms with Gasteiger partial charge in [-0.1, -0.05) is 36.9 Å². The molecule has 34 heavy (non-hydrogen) atoms. The van der Waals surface area contributed by atoms with Crippen LogP contribution in [0.25, 0.3) is 0 Å². The number of rotatable bonds is 7. The lowest BCUT2D eigenvalue weighted by atomic mass is 9.95. The van der Waals surface area contributed by atoms with Crippen LogP contribution in [0.3, 0.4) is 0 Å². The Kier molecular flexibility index (Phi) is 7.97. The van der Waals surface area contributed by atoms with E-state index < -0.39 is 21.4 Å². The van der Waals surface area contributed by atoms with Crippen molar-refractivity contribution in [2.45, 2.75) is 54.5 Å². The lowest BCUT2D eigenvalue weighted by Gasteiger charge is -2.30. The highest BCUT2D eigenvalue weighted by atomic mass is 35.5. The summed E-state index contributed by atoms with van der Waals surface area (Å²) in [5.74, 6) is 1.15. The molecule has 0 bridgehead atoms. The van der Waals surface area contributed by atoms with Gasteiger partial charge in [0.1, 0.15) is 6.04 Å². The Labute approximate surface area is 210 Å². The van der Waals surface area contributed by atoms with Gasteiger partial charge in [-0.25, -0.2) is 8.42 Å². The zero-order valence-corrected chi connectivity index (χ0v) is 21.6. The molecule has 0 aromatic heterocycles. The number of nitrogens with one attached hydrogen (secondary N) is 1. The summed E-state index contributed by atoms with van der Waals surface area (Å²) in [6.45, 7) is 0. The Bertz CT molecular complexity index is 1120. The molecule has 7 nitrogen and oxygen atoms in total. The molecule has 2 fully saturated rings. The fraction of sp³-hybridized carbons (Fsp3) is 0.458. The zero-order valence-electron chi connectivity index (χ0n) is 19.2. The number of carbonyl (C=O) groups excluding carboxylic acids is 1. The molecule has 1 amide bonds. The van der Waals surface area contributed by atoms with Gasteiger partial charge in [-0.2, -0.15) is 4.31 Å². The maximum Gasteiger partial charge on any atom is 0.245 e. The molecule has 2 aromatic carbocycles. The van der Waals surface area contributed by atoms with Gasteiger partial charge in [0, 0.05) is 16.8 Å². The minimum atomic E-state index is -4.00. The minimum Gasteiger partial charge on any atom is -0.493 e. The van der Waals surface area contributed by atoms with E-state index in [1.54, 1.807) is 31.4 Å². The van der Waals surface area contributed by atoms with Gasteiger partial charge in [-0.3, -0.25) is 4.79 Å². The van der Waals surface area contributed by atoms with E-state index in [9.17, 15) is 13.2 Å². The fourth-order valence-corrected chi connectivity index (χ4v) is 8.15. The second-order valence-corrected chi connectivity index (χ2v) is 11.8. The van der Waals surface area contributed by atoms with Crippen molar-refractivity contribution in [3.8, 4) is 11.5 Å². The fourth-order valence-electron chi connectivity index (χ4n) is 4.50. The van der Waals surface area contributed by atoms with Crippen molar-refractivity contribution in [3.63, 3.8) is 0 Å². The van der Waals surface area contributed by atoms with E-state index in [4.69, 9.17) is 21.1 Å². The molecule has 1 aliphatic heterocycles. The van der Waals surface area contributed by atoms with Crippen molar-refractivity contribution in [2.24, 2.45) is 0 Å². The minimum absolute atomic E-state index is 0.0893. The van der Waals surface area contributed by atoms with Crippen LogP contribution in [0, 0.1) is 0 Å². The van der Waals surface area contributed by atoms with Crippen LogP contribution in [0.2, 0.25) is 5.02 Å². The maximum absolute atomic E-state index is 13.8. The molecule has 1 aliphatic carbocycles. The van der Waals surface area contributed by atoms with Crippen LogP contribution in [0.5, 0.6) is 11.5 Å². The van der Waals surface area contributed by atoms with E-state index >= 15 is 0 Å². The largest absolute Gasteiger partial charge is 0.493 e. The van der Waals surface area contributed by atoms with E-state index in [0.717, 1.165) is 25.7 Å². The van der Waals surface area contributed by atoms with Crippen molar-refractivity contribution in [3.05, 3.63) is 53.1 Å². The van der Waals surface area contributed by atoms with Gasteiger partial charge in [-0.15, -0.1) is 11.8 Å². The van der Waals surface area contributed by atoms with Crippen LogP contribution >= 0.6 is 23.4 Å². The molecule has 2 aromatic rings. The second-order valence-electron chi connectivity index (χ2n) is 8.45. The number of hydrogen-bond donors (Lipinski definition) is 1. The lowest BCUT2D eigenvalue weighted by molar-refractivity contribution is -0.125. The first-order valence-corrected chi connectivity index (χ1v) is 14.1. The lowest BCUT2D eigenvalue weighted by Crippen LogP contribution is -2.50. The predicted octanol–water partition coefficient (Wildman–Crippen LogP) is 4.61. The highest BCUT2D eigenvalue weighted by Crippen LogP contribution is 2.46. The Morgan fingerprint density at radius 1 is 1.03 bits per heavy atom. The third kappa shape index (κ3) is 5.17. The third-order valence-electron chi connectivity index (χ3n) is 6.29. The topological polar surface area (TPSA) is 84.9 Å². The molecule has 2 aliphatic rings. The molecule has 1 unspecified atom stereocenters. The van der Waals surface area contributed by atoms with E-state index in [1.165, 1.54) is 41.7 Å². The summed E-state index contributed by atoms with van der Waals surface area (Å²) >= 11 is 7.42. The summed E-state index contributed by atoms with van der Waals surface area (Å²) in [5, 5.41) is 2.96. The van der Waals surface area contributed by atoms with Crippen LogP contribution in [-0.4, -0.2) is 50.7 Å². The van der Waals surface area contributed by atoms with Crippen molar-refractivity contribution in [1.29, 1.82) is 0 Å². The van der Waals surface area contributed by atoms with Gasteiger partial charge in [0.05, 0.1) is 24.5 Å². The number of methoxy groups -OCH3 is 2. The van der Waals surface area contributed by atoms with Crippen LogP contribution in [0.1, 0.15) is 43.0 Å². The van der Waals surface area contributed by atoms with E-state index in [-0.39, 0.29) is 16.8 Å². The van der Waals surface area contributed by atoms with Crippen molar-refractivity contribution in [2.75, 3.05) is 20.0 Å². The van der Waals surface area contributed by atoms with Gasteiger partial charge in [-0.05, 0) is 54.8 Å². The zero-order chi connectivity index (χ0) is 24.3. The molecular weight excluding hydrogens is 496 g/mol. The summed E-state index contributed by atoms with van der Waals surface area (Å²) in [5.41, 5.74) is 0.716. The molecule has 184 valence electrons. The first-order valence-electron chi connectivity index (χ1n) is 11.3. The standard InChI is InChI=1S/C24H29ClN2O5S2/c1-31-21-13-8-16(14-22(21)32-2)24-27(34(29,30)19-11-9-17(25)10-12-19)20(15-33-24)23(28)26-18-6-4-3-5-7-18/h8-14,18,20,24H,3-7,15H2,1-2H3,(H,26,28)/t20-,24?/m0/s1. The normalized spacial score (nSPS) is 21.9. The molecule has 4 rings (SSSR count). The second kappa shape index (κ2) is 10.8. The summed E-state index contributed by atoms with van der Waals surface area (Å²) in [7, 11) is -0.922. The quantitative estimate of drug-likeness (QED) is 0.569. The van der Waals surface area contributed by atoms with Gasteiger partial charge in [0.2, 0.25) is 15.9 Å². The molecule has 1 N–H and O–H groups in total. The number of sulfonamides is 1. The number of thioether (sulfide) groups is 1. The SMILES string of the molecule is COc1ccc(C2SC[C@@H](C(=O)NC3CCCCC3)N2S(=O)(=O)c2ccc(Cl)cc2)cc1OC. The first-order chi connectivity index (χ1) is 16.3. The Morgan fingerprint density at radius 2 is 1.71 bits per heavy atom. The van der Waals surface area contributed by atoms with Crippen molar-refractivity contribution >= 4 is 39.3 Å². The van der Waals surface area contributed by atoms with Crippen LogP contribution in [0.4, 0.5) is 0 Å². The molecule has 1 heterocycles. The molecule has 1 saturated carbocycles. The highest BCUT2D eigenvalue weighted by Gasteiger charge is 2.47. The smallest absolute Gasteiger partial charge is 0.245 e. The monoisotopic (exact) mass is 524 g/mol. The summed E-state index contributed by atoms with van der Waals surface area (Å²) in [4.78, 5) is 13.5. The third-order valence-corrected chi connectivity index (χ3v) is 9.88. The number of nitrogens with zero attached hydrogens (tertiary/aromatic N) is 1. The Hall–Kier alpha value is -1.94. The number of halogens is 1. The molecule has 1 saturated heterocycles. The predicted molar refractivity (Wildman–Crippen MR) is 134 cm³/mol. The average Bonchev–Trinajstić information content (AvgIpc) is 3.31. The molecule has 0 spiro atoms. The Morgan fingerprint density at radius 3 is 2.35 bits per heavy atom. The number of ether oxygens (including phenoxy) is 2. The van der Waals surface area contributed by atoms with Crippen molar-refractivity contribution < 1.29 is 22.7 Å². The van der Waals surface area contributed by atoms with E-state index in [0.29, 0.717) is 27.8 Å². The molecule has 0 radical (unpaired) electrons. The molecular formula is C24H29ClN2O5S2. The van der Waals surface area contributed by atoms with Crippen LogP contribution in [-0.2, 0) is 14.8 Å². The number of carbonyl (C=O) groups is 1.